The Hall–Kier alpha value is -1.82. The lowest BCUT2D eigenvalue weighted by Gasteiger charge is -2.26. The Morgan fingerprint density at radius 1 is 1.50 bits per heavy atom. The SMILES string of the molecule is CC1=CCCN(C(=O)Nc2sccc2C(=O)O)C1. The number of rotatable bonds is 2. The molecular formula is C12H14N2O3S. The molecule has 2 N–H and O–H groups in total. The van der Waals surface area contributed by atoms with Crippen LogP contribution in [0.5, 0.6) is 0 Å². The van der Waals surface area contributed by atoms with Gasteiger partial charge < -0.3 is 10.0 Å². The van der Waals surface area contributed by atoms with Crippen molar-refractivity contribution < 1.29 is 14.7 Å². The number of hydrogen-bond donors (Lipinski definition) is 2. The van der Waals surface area contributed by atoms with Gasteiger partial charge in [0, 0.05) is 13.1 Å². The number of carboxylic acids is 1. The van der Waals surface area contributed by atoms with Crippen LogP contribution in [-0.2, 0) is 0 Å². The largest absolute Gasteiger partial charge is 0.478 e. The molecule has 1 aromatic heterocycles. The van der Waals surface area contributed by atoms with E-state index in [0.717, 1.165) is 12.0 Å². The highest BCUT2D eigenvalue weighted by atomic mass is 32.1. The quantitative estimate of drug-likeness (QED) is 0.808. The lowest BCUT2D eigenvalue weighted by Crippen LogP contribution is -2.38. The van der Waals surface area contributed by atoms with Crippen LogP contribution in [0.25, 0.3) is 0 Å². The molecule has 18 heavy (non-hydrogen) atoms. The molecule has 0 bridgehead atoms. The monoisotopic (exact) mass is 266 g/mol. The molecule has 1 aliphatic rings. The molecule has 2 rings (SSSR count). The Kier molecular flexibility index (Phi) is 3.66. The standard InChI is InChI=1S/C12H14N2O3S/c1-8-3-2-5-14(7-8)12(17)13-10-9(11(15)16)4-6-18-10/h3-4,6H,2,5,7H2,1H3,(H,13,17)(H,15,16). The van der Waals surface area contributed by atoms with Crippen LogP contribution in [-0.4, -0.2) is 35.1 Å². The molecule has 1 aromatic rings. The fourth-order valence-corrected chi connectivity index (χ4v) is 2.60. The number of hydrogen-bond acceptors (Lipinski definition) is 3. The molecule has 0 aliphatic carbocycles. The van der Waals surface area contributed by atoms with Crippen LogP contribution < -0.4 is 5.32 Å². The number of nitrogens with one attached hydrogen (secondary N) is 1. The maximum atomic E-state index is 12.0. The lowest BCUT2D eigenvalue weighted by atomic mass is 10.1. The van der Waals surface area contributed by atoms with E-state index < -0.39 is 5.97 Å². The summed E-state index contributed by atoms with van der Waals surface area (Å²) in [7, 11) is 0. The third-order valence-electron chi connectivity index (χ3n) is 2.74. The highest BCUT2D eigenvalue weighted by molar-refractivity contribution is 7.14. The second kappa shape index (κ2) is 5.22. The third-order valence-corrected chi connectivity index (χ3v) is 3.57. The molecule has 0 aromatic carbocycles. The van der Waals surface area contributed by atoms with Crippen molar-refractivity contribution in [3.63, 3.8) is 0 Å². The molecule has 0 saturated carbocycles. The van der Waals surface area contributed by atoms with Crippen LogP contribution in [0.4, 0.5) is 9.80 Å². The maximum absolute atomic E-state index is 12.0. The molecule has 0 radical (unpaired) electrons. The smallest absolute Gasteiger partial charge is 0.338 e. The van der Waals surface area contributed by atoms with E-state index >= 15 is 0 Å². The number of amides is 2. The zero-order valence-electron chi connectivity index (χ0n) is 9.97. The number of anilines is 1. The minimum absolute atomic E-state index is 0.137. The summed E-state index contributed by atoms with van der Waals surface area (Å²) in [6, 6.07) is 1.25. The van der Waals surface area contributed by atoms with E-state index in [0.29, 0.717) is 18.1 Å². The molecule has 0 atom stereocenters. The first-order valence-corrected chi connectivity index (χ1v) is 6.48. The summed E-state index contributed by atoms with van der Waals surface area (Å²) in [4.78, 5) is 24.6. The van der Waals surface area contributed by atoms with Crippen LogP contribution in [0.3, 0.4) is 0 Å². The Morgan fingerprint density at radius 3 is 2.94 bits per heavy atom. The summed E-state index contributed by atoms with van der Waals surface area (Å²) in [6.45, 7) is 3.24. The van der Waals surface area contributed by atoms with Crippen LogP contribution >= 0.6 is 11.3 Å². The number of carbonyl (C=O) groups is 2. The van der Waals surface area contributed by atoms with Gasteiger partial charge in [-0.05, 0) is 24.8 Å². The second-order valence-corrected chi connectivity index (χ2v) is 5.08. The molecule has 0 fully saturated rings. The van der Waals surface area contributed by atoms with Gasteiger partial charge in [0.05, 0.1) is 5.56 Å². The zero-order valence-corrected chi connectivity index (χ0v) is 10.8. The summed E-state index contributed by atoms with van der Waals surface area (Å²) in [5, 5.41) is 13.7. The van der Waals surface area contributed by atoms with Crippen molar-refractivity contribution in [1.29, 1.82) is 0 Å². The fraction of sp³-hybridized carbons (Fsp3) is 0.333. The van der Waals surface area contributed by atoms with Crippen molar-refractivity contribution in [2.75, 3.05) is 18.4 Å². The van der Waals surface area contributed by atoms with Crippen molar-refractivity contribution in [3.05, 3.63) is 28.7 Å². The molecule has 6 heteroatoms. The van der Waals surface area contributed by atoms with E-state index in [1.807, 2.05) is 6.92 Å². The Bertz CT molecular complexity index is 507. The van der Waals surface area contributed by atoms with Crippen molar-refractivity contribution in [2.24, 2.45) is 0 Å². The molecule has 0 unspecified atom stereocenters. The van der Waals surface area contributed by atoms with E-state index in [1.165, 1.54) is 17.4 Å². The highest BCUT2D eigenvalue weighted by Crippen LogP contribution is 2.24. The van der Waals surface area contributed by atoms with E-state index in [-0.39, 0.29) is 11.6 Å². The summed E-state index contributed by atoms with van der Waals surface area (Å²) >= 11 is 1.22. The van der Waals surface area contributed by atoms with Gasteiger partial charge in [0.1, 0.15) is 5.00 Å². The molecule has 5 nitrogen and oxygen atoms in total. The van der Waals surface area contributed by atoms with Crippen LogP contribution in [0.1, 0.15) is 23.7 Å². The first-order valence-electron chi connectivity index (χ1n) is 5.60. The topological polar surface area (TPSA) is 69.6 Å². The number of carboxylic acid groups (broad SMARTS) is 1. The van der Waals surface area contributed by atoms with E-state index in [9.17, 15) is 9.59 Å². The maximum Gasteiger partial charge on any atom is 0.338 e. The van der Waals surface area contributed by atoms with Crippen molar-refractivity contribution in [1.82, 2.24) is 4.90 Å². The number of urea groups is 1. The van der Waals surface area contributed by atoms with Gasteiger partial charge in [-0.1, -0.05) is 11.6 Å². The normalized spacial score (nSPS) is 15.2. The highest BCUT2D eigenvalue weighted by Gasteiger charge is 2.19. The van der Waals surface area contributed by atoms with Gasteiger partial charge in [-0.3, -0.25) is 5.32 Å². The molecule has 0 saturated heterocycles. The van der Waals surface area contributed by atoms with Gasteiger partial charge in [0.2, 0.25) is 0 Å². The molecule has 0 spiro atoms. The van der Waals surface area contributed by atoms with Crippen LogP contribution in [0.2, 0.25) is 0 Å². The molecular weight excluding hydrogens is 252 g/mol. The Morgan fingerprint density at radius 2 is 2.28 bits per heavy atom. The van der Waals surface area contributed by atoms with Crippen molar-refractivity contribution in [3.8, 4) is 0 Å². The summed E-state index contributed by atoms with van der Waals surface area (Å²) < 4.78 is 0. The number of carbonyl (C=O) groups excluding carboxylic acids is 1. The lowest BCUT2D eigenvalue weighted by molar-refractivity contribution is 0.0698. The van der Waals surface area contributed by atoms with Gasteiger partial charge in [-0.2, -0.15) is 0 Å². The van der Waals surface area contributed by atoms with Crippen molar-refractivity contribution >= 4 is 28.3 Å². The first-order chi connectivity index (χ1) is 8.58. The van der Waals surface area contributed by atoms with E-state index in [4.69, 9.17) is 5.11 Å². The number of nitrogens with zero attached hydrogens (tertiary/aromatic N) is 1. The molecule has 2 amide bonds. The average Bonchev–Trinajstić information content (AvgIpc) is 2.77. The Balaban J connectivity index is 2.05. The predicted octanol–water partition coefficient (Wildman–Crippen LogP) is 2.63. The third kappa shape index (κ3) is 2.70. The Labute approximate surface area is 109 Å². The molecule has 96 valence electrons. The molecule has 2 heterocycles. The van der Waals surface area contributed by atoms with Crippen molar-refractivity contribution in [2.45, 2.75) is 13.3 Å². The fourth-order valence-electron chi connectivity index (χ4n) is 1.84. The van der Waals surface area contributed by atoms with Gasteiger partial charge in [-0.15, -0.1) is 11.3 Å². The average molecular weight is 266 g/mol. The summed E-state index contributed by atoms with van der Waals surface area (Å²) in [6.07, 6.45) is 2.95. The van der Waals surface area contributed by atoms with Crippen LogP contribution in [0.15, 0.2) is 23.1 Å². The first kappa shape index (κ1) is 12.6. The second-order valence-electron chi connectivity index (χ2n) is 4.16. The van der Waals surface area contributed by atoms with Gasteiger partial charge >= 0.3 is 12.0 Å². The van der Waals surface area contributed by atoms with E-state index in [1.54, 1.807) is 10.3 Å². The summed E-state index contributed by atoms with van der Waals surface area (Å²) in [5.41, 5.74) is 1.29. The minimum Gasteiger partial charge on any atom is -0.478 e. The minimum atomic E-state index is -1.03. The predicted molar refractivity (Wildman–Crippen MR) is 70.2 cm³/mol. The van der Waals surface area contributed by atoms with Gasteiger partial charge in [0.15, 0.2) is 0 Å². The van der Waals surface area contributed by atoms with Gasteiger partial charge in [0.25, 0.3) is 0 Å². The zero-order chi connectivity index (χ0) is 13.1. The number of aromatic carboxylic acids is 1. The van der Waals surface area contributed by atoms with Crippen LogP contribution in [0, 0.1) is 0 Å². The summed E-state index contributed by atoms with van der Waals surface area (Å²) in [5.74, 6) is -1.03. The van der Waals surface area contributed by atoms with E-state index in [2.05, 4.69) is 11.4 Å². The number of thiophene rings is 1. The van der Waals surface area contributed by atoms with Gasteiger partial charge in [-0.25, -0.2) is 9.59 Å². The molecule has 1 aliphatic heterocycles.